The molecule has 0 saturated carbocycles. The van der Waals surface area contributed by atoms with E-state index in [1.54, 1.807) is 0 Å². The summed E-state index contributed by atoms with van der Waals surface area (Å²) in [6.45, 7) is 5.76. The highest BCUT2D eigenvalue weighted by Crippen LogP contribution is 2.14. The van der Waals surface area contributed by atoms with E-state index >= 15 is 0 Å². The van der Waals surface area contributed by atoms with Crippen LogP contribution in [0.15, 0.2) is 42.5 Å². The van der Waals surface area contributed by atoms with Crippen LogP contribution in [0.25, 0.3) is 0 Å². The number of allylic oxidation sites excluding steroid dienone is 1. The number of rotatable bonds is 5. The molecule has 0 amide bonds. The van der Waals surface area contributed by atoms with Crippen LogP contribution in [-0.4, -0.2) is 6.29 Å². The van der Waals surface area contributed by atoms with E-state index in [1.807, 2.05) is 25.1 Å². The van der Waals surface area contributed by atoms with E-state index in [1.165, 1.54) is 5.56 Å². The van der Waals surface area contributed by atoms with Gasteiger partial charge in [-0.25, -0.2) is 0 Å². The summed E-state index contributed by atoms with van der Waals surface area (Å²) in [6.07, 6.45) is 2.85. The summed E-state index contributed by atoms with van der Waals surface area (Å²) in [5, 5.41) is 0. The molecule has 1 nitrogen and oxygen atoms in total. The fourth-order valence-electron chi connectivity index (χ4n) is 1.33. The number of aryl methyl sites for hydroxylation is 1. The number of benzene rings is 1. The maximum atomic E-state index is 10.5. The Labute approximate surface area is 85.5 Å². The van der Waals surface area contributed by atoms with Crippen LogP contribution in [0.4, 0.5) is 0 Å². The number of aldehydes is 1. The molecule has 1 heteroatoms. The maximum absolute atomic E-state index is 10.5. The molecule has 0 aliphatic rings. The molecule has 1 atom stereocenters. The monoisotopic (exact) mass is 188 g/mol. The summed E-state index contributed by atoms with van der Waals surface area (Å²) in [5.41, 5.74) is 2.01. The molecular formula is C13H16O. The quantitative estimate of drug-likeness (QED) is 0.513. The van der Waals surface area contributed by atoms with Crippen molar-refractivity contribution in [3.8, 4) is 0 Å². The molecule has 0 N–H and O–H groups in total. The van der Waals surface area contributed by atoms with Gasteiger partial charge in [0.05, 0.1) is 0 Å². The molecule has 0 saturated heterocycles. The van der Waals surface area contributed by atoms with Gasteiger partial charge in [-0.15, -0.1) is 0 Å². The van der Waals surface area contributed by atoms with E-state index in [2.05, 4.69) is 18.7 Å². The third-order valence-electron chi connectivity index (χ3n) is 2.49. The zero-order valence-corrected chi connectivity index (χ0v) is 8.57. The highest BCUT2D eigenvalue weighted by Gasteiger charge is 2.05. The van der Waals surface area contributed by atoms with Crippen LogP contribution in [0.3, 0.4) is 0 Å². The summed E-state index contributed by atoms with van der Waals surface area (Å²) in [7, 11) is 0. The van der Waals surface area contributed by atoms with Gasteiger partial charge in [0.2, 0.25) is 0 Å². The lowest BCUT2D eigenvalue weighted by atomic mass is 9.96. The number of hydrogen-bond donors (Lipinski definition) is 0. The molecule has 74 valence electrons. The van der Waals surface area contributed by atoms with Gasteiger partial charge in [0.1, 0.15) is 6.29 Å². The van der Waals surface area contributed by atoms with Gasteiger partial charge in [-0.2, -0.15) is 0 Å². The summed E-state index contributed by atoms with van der Waals surface area (Å²) in [5.74, 6) is 0.285. The van der Waals surface area contributed by atoms with Gasteiger partial charge in [0.25, 0.3) is 0 Å². The van der Waals surface area contributed by atoms with Gasteiger partial charge in [-0.3, -0.25) is 4.79 Å². The van der Waals surface area contributed by atoms with E-state index in [9.17, 15) is 4.79 Å². The van der Waals surface area contributed by atoms with Gasteiger partial charge in [0.15, 0.2) is 0 Å². The first-order chi connectivity index (χ1) is 6.74. The summed E-state index contributed by atoms with van der Waals surface area (Å²) < 4.78 is 0. The first-order valence-electron chi connectivity index (χ1n) is 4.92. The van der Waals surface area contributed by atoms with Crippen LogP contribution >= 0.6 is 0 Å². The Morgan fingerprint density at radius 1 is 1.43 bits per heavy atom. The van der Waals surface area contributed by atoms with Gasteiger partial charge < -0.3 is 0 Å². The van der Waals surface area contributed by atoms with E-state index < -0.39 is 0 Å². The van der Waals surface area contributed by atoms with Gasteiger partial charge >= 0.3 is 0 Å². The Hall–Kier alpha value is -1.37. The topological polar surface area (TPSA) is 17.1 Å². The number of carbonyl (C=O) groups is 1. The Morgan fingerprint density at radius 2 is 2.07 bits per heavy atom. The van der Waals surface area contributed by atoms with Crippen LogP contribution in [0, 0.1) is 5.92 Å². The Balaban J connectivity index is 2.41. The van der Waals surface area contributed by atoms with Crippen LogP contribution < -0.4 is 0 Å². The Kier molecular flexibility index (Phi) is 4.11. The molecule has 0 radical (unpaired) electrons. The number of carbonyl (C=O) groups excluding carboxylic acids is 1. The molecule has 0 bridgehead atoms. The molecule has 0 aliphatic heterocycles. The average molecular weight is 188 g/mol. The van der Waals surface area contributed by atoms with Crippen molar-refractivity contribution in [3.63, 3.8) is 0 Å². The van der Waals surface area contributed by atoms with Crippen molar-refractivity contribution in [2.24, 2.45) is 5.92 Å². The molecule has 0 spiro atoms. The molecule has 1 aromatic carbocycles. The van der Waals surface area contributed by atoms with E-state index in [4.69, 9.17) is 0 Å². The number of hydrogen-bond acceptors (Lipinski definition) is 1. The second kappa shape index (κ2) is 5.38. The lowest BCUT2D eigenvalue weighted by molar-refractivity contribution is -0.105. The van der Waals surface area contributed by atoms with Crippen molar-refractivity contribution < 1.29 is 4.79 Å². The molecule has 14 heavy (non-hydrogen) atoms. The molecule has 1 unspecified atom stereocenters. The van der Waals surface area contributed by atoms with Crippen molar-refractivity contribution >= 4 is 6.29 Å². The minimum Gasteiger partial charge on any atom is -0.298 e. The maximum Gasteiger partial charge on any atom is 0.145 e. The molecule has 1 rings (SSSR count). The van der Waals surface area contributed by atoms with Gasteiger partial charge in [-0.1, -0.05) is 43.8 Å². The highest BCUT2D eigenvalue weighted by atomic mass is 16.1. The fraction of sp³-hybridized carbons (Fsp3) is 0.308. The first kappa shape index (κ1) is 10.7. The third kappa shape index (κ3) is 3.17. The lowest BCUT2D eigenvalue weighted by Crippen LogP contribution is -2.01. The van der Waals surface area contributed by atoms with E-state index in [-0.39, 0.29) is 5.92 Å². The van der Waals surface area contributed by atoms with Crippen molar-refractivity contribution in [1.82, 2.24) is 0 Å². The Morgan fingerprint density at radius 3 is 2.64 bits per heavy atom. The van der Waals surface area contributed by atoms with Crippen molar-refractivity contribution in [2.45, 2.75) is 19.8 Å². The van der Waals surface area contributed by atoms with E-state index in [0.717, 1.165) is 19.1 Å². The molecule has 0 fully saturated rings. The van der Waals surface area contributed by atoms with Crippen LogP contribution in [-0.2, 0) is 11.2 Å². The normalized spacial score (nSPS) is 12.1. The Bertz CT molecular complexity index is 300. The summed E-state index contributed by atoms with van der Waals surface area (Å²) >= 11 is 0. The highest BCUT2D eigenvalue weighted by molar-refractivity contribution is 5.72. The molecule has 1 aromatic rings. The van der Waals surface area contributed by atoms with Crippen LogP contribution in [0.1, 0.15) is 18.9 Å². The van der Waals surface area contributed by atoms with Crippen molar-refractivity contribution in [2.75, 3.05) is 0 Å². The predicted octanol–water partition coefficient (Wildman–Crippen LogP) is 3.01. The largest absolute Gasteiger partial charge is 0.298 e. The van der Waals surface area contributed by atoms with Crippen molar-refractivity contribution in [3.05, 3.63) is 48.0 Å². The van der Waals surface area contributed by atoms with Gasteiger partial charge in [-0.05, 0) is 29.9 Å². The van der Waals surface area contributed by atoms with Crippen LogP contribution in [0.2, 0.25) is 0 Å². The second-order valence-electron chi connectivity index (χ2n) is 3.62. The fourth-order valence-corrected chi connectivity index (χ4v) is 1.33. The standard InChI is InChI=1S/C13H16O/c1-11(12(2)10-14)8-9-13-6-4-3-5-7-13/h3-7,10-11H,2,8-9H2,1H3. The van der Waals surface area contributed by atoms with Crippen molar-refractivity contribution in [1.29, 1.82) is 0 Å². The van der Waals surface area contributed by atoms with E-state index in [0.29, 0.717) is 5.57 Å². The lowest BCUT2D eigenvalue weighted by Gasteiger charge is -2.09. The molecule has 0 heterocycles. The molecular weight excluding hydrogens is 172 g/mol. The second-order valence-corrected chi connectivity index (χ2v) is 3.62. The zero-order valence-electron chi connectivity index (χ0n) is 8.57. The smallest absolute Gasteiger partial charge is 0.145 e. The third-order valence-corrected chi connectivity index (χ3v) is 2.49. The first-order valence-corrected chi connectivity index (χ1v) is 4.92. The molecule has 0 aromatic heterocycles. The predicted molar refractivity (Wildman–Crippen MR) is 59.1 cm³/mol. The van der Waals surface area contributed by atoms with Crippen LogP contribution in [0.5, 0.6) is 0 Å². The summed E-state index contributed by atoms with van der Waals surface area (Å²) in [6, 6.07) is 10.3. The van der Waals surface area contributed by atoms with Gasteiger partial charge in [0, 0.05) is 0 Å². The average Bonchev–Trinajstić information content (AvgIpc) is 2.26. The minimum atomic E-state index is 0.285. The summed E-state index contributed by atoms with van der Waals surface area (Å²) in [4.78, 5) is 10.5. The SMILES string of the molecule is C=C(C=O)C(C)CCc1ccccc1. The zero-order chi connectivity index (χ0) is 10.4. The minimum absolute atomic E-state index is 0.285. The molecule has 0 aliphatic carbocycles.